The Hall–Kier alpha value is -2.96. The Morgan fingerprint density at radius 3 is 2.52 bits per heavy atom. The zero-order valence-electron chi connectivity index (χ0n) is 13.2. The predicted octanol–water partition coefficient (Wildman–Crippen LogP) is 4.39. The summed E-state index contributed by atoms with van der Waals surface area (Å²) in [6.45, 7) is 0.0884. The third-order valence-corrected chi connectivity index (χ3v) is 3.69. The van der Waals surface area contributed by atoms with E-state index in [4.69, 9.17) is 9.15 Å². The van der Waals surface area contributed by atoms with Crippen molar-refractivity contribution in [2.24, 2.45) is 0 Å². The molecule has 0 aliphatic rings. The Kier molecular flexibility index (Phi) is 4.39. The van der Waals surface area contributed by atoms with Gasteiger partial charge >= 0.3 is 6.18 Å². The van der Waals surface area contributed by atoms with E-state index in [1.165, 1.54) is 19.2 Å². The number of fused-ring (bicyclic) bond motifs is 1. The van der Waals surface area contributed by atoms with Crippen molar-refractivity contribution in [2.45, 2.75) is 12.7 Å². The number of carbonyl (C=O) groups excluding carboxylic acids is 1. The molecule has 0 aliphatic carbocycles. The normalized spacial score (nSPS) is 11.5. The van der Waals surface area contributed by atoms with Crippen LogP contribution in [0, 0.1) is 0 Å². The molecule has 0 atom stereocenters. The molecular formula is C18H14F3NO3. The maximum atomic E-state index is 12.5. The maximum Gasteiger partial charge on any atom is 0.416 e. The first-order valence-corrected chi connectivity index (χ1v) is 7.39. The number of halogens is 3. The summed E-state index contributed by atoms with van der Waals surface area (Å²) in [7, 11) is 1.50. The van der Waals surface area contributed by atoms with Crippen LogP contribution in [-0.4, -0.2) is 13.0 Å². The summed E-state index contributed by atoms with van der Waals surface area (Å²) in [4.78, 5) is 12.2. The summed E-state index contributed by atoms with van der Waals surface area (Å²) >= 11 is 0. The number of para-hydroxylation sites is 1. The first-order valence-electron chi connectivity index (χ1n) is 7.39. The minimum atomic E-state index is -4.38. The minimum absolute atomic E-state index is 0.0884. The zero-order valence-corrected chi connectivity index (χ0v) is 13.2. The second-order valence-electron chi connectivity index (χ2n) is 5.37. The molecule has 0 saturated carbocycles. The summed E-state index contributed by atoms with van der Waals surface area (Å²) in [5.41, 5.74) is 0.284. The van der Waals surface area contributed by atoms with E-state index in [1.807, 2.05) is 0 Å². The van der Waals surface area contributed by atoms with Crippen molar-refractivity contribution in [1.82, 2.24) is 5.32 Å². The highest BCUT2D eigenvalue weighted by Crippen LogP contribution is 2.29. The van der Waals surface area contributed by atoms with Gasteiger partial charge in [0.15, 0.2) is 17.1 Å². The molecule has 0 saturated heterocycles. The van der Waals surface area contributed by atoms with Gasteiger partial charge in [-0.3, -0.25) is 4.79 Å². The van der Waals surface area contributed by atoms with Crippen LogP contribution >= 0.6 is 0 Å². The molecule has 7 heteroatoms. The van der Waals surface area contributed by atoms with Gasteiger partial charge in [0.1, 0.15) is 0 Å². The molecule has 130 valence electrons. The number of carbonyl (C=O) groups is 1. The smallest absolute Gasteiger partial charge is 0.416 e. The number of rotatable bonds is 4. The van der Waals surface area contributed by atoms with Gasteiger partial charge in [0, 0.05) is 11.9 Å². The van der Waals surface area contributed by atoms with Crippen molar-refractivity contribution in [3.8, 4) is 5.75 Å². The highest BCUT2D eigenvalue weighted by atomic mass is 19.4. The van der Waals surface area contributed by atoms with Crippen LogP contribution in [0.3, 0.4) is 0 Å². The van der Waals surface area contributed by atoms with Gasteiger partial charge in [-0.1, -0.05) is 24.3 Å². The highest BCUT2D eigenvalue weighted by Gasteiger charge is 2.29. The van der Waals surface area contributed by atoms with Crippen molar-refractivity contribution in [1.29, 1.82) is 0 Å². The topological polar surface area (TPSA) is 51.5 Å². The molecule has 0 aliphatic heterocycles. The van der Waals surface area contributed by atoms with Crippen LogP contribution in [0.4, 0.5) is 13.2 Å². The molecule has 25 heavy (non-hydrogen) atoms. The van der Waals surface area contributed by atoms with Crippen LogP contribution < -0.4 is 10.1 Å². The van der Waals surface area contributed by atoms with Crippen LogP contribution in [0.5, 0.6) is 5.75 Å². The van der Waals surface area contributed by atoms with Crippen LogP contribution in [0.15, 0.2) is 52.9 Å². The fourth-order valence-corrected chi connectivity index (χ4v) is 2.39. The number of alkyl halides is 3. The Morgan fingerprint density at radius 1 is 1.16 bits per heavy atom. The molecule has 1 heterocycles. The van der Waals surface area contributed by atoms with Crippen LogP contribution in [0.2, 0.25) is 0 Å². The van der Waals surface area contributed by atoms with Gasteiger partial charge in [0.05, 0.1) is 12.7 Å². The molecule has 1 aromatic heterocycles. The Bertz CT molecular complexity index is 898. The average molecular weight is 349 g/mol. The number of furan rings is 1. The number of nitrogens with one attached hydrogen (secondary N) is 1. The lowest BCUT2D eigenvalue weighted by atomic mass is 10.1. The SMILES string of the molecule is COc1cccc2cc(C(=O)NCc3ccc(C(F)(F)F)cc3)oc12. The quantitative estimate of drug-likeness (QED) is 0.760. The molecule has 0 radical (unpaired) electrons. The lowest BCUT2D eigenvalue weighted by molar-refractivity contribution is -0.137. The second kappa shape index (κ2) is 6.51. The Morgan fingerprint density at radius 2 is 1.88 bits per heavy atom. The van der Waals surface area contributed by atoms with E-state index >= 15 is 0 Å². The number of benzene rings is 2. The van der Waals surface area contributed by atoms with Gasteiger partial charge in [-0.2, -0.15) is 13.2 Å². The first-order chi connectivity index (χ1) is 11.9. The zero-order chi connectivity index (χ0) is 18.0. The Labute approximate surface area is 141 Å². The summed E-state index contributed by atoms with van der Waals surface area (Å²) in [6, 6.07) is 11.5. The molecule has 0 unspecified atom stereocenters. The van der Waals surface area contributed by atoms with Crippen molar-refractivity contribution in [2.75, 3.05) is 7.11 Å². The molecule has 1 amide bonds. The number of hydrogen-bond donors (Lipinski definition) is 1. The number of methoxy groups -OCH3 is 1. The summed E-state index contributed by atoms with van der Waals surface area (Å²) in [5, 5.41) is 3.34. The van der Waals surface area contributed by atoms with E-state index in [9.17, 15) is 18.0 Å². The van der Waals surface area contributed by atoms with E-state index < -0.39 is 17.6 Å². The molecule has 0 bridgehead atoms. The first kappa shape index (κ1) is 16.9. The molecular weight excluding hydrogens is 335 g/mol. The number of ether oxygens (including phenoxy) is 1. The van der Waals surface area contributed by atoms with Crippen LogP contribution in [-0.2, 0) is 12.7 Å². The van der Waals surface area contributed by atoms with Crippen LogP contribution in [0.1, 0.15) is 21.7 Å². The van der Waals surface area contributed by atoms with Gasteiger partial charge in [0.25, 0.3) is 5.91 Å². The predicted molar refractivity (Wildman–Crippen MR) is 85.4 cm³/mol. The lowest BCUT2D eigenvalue weighted by Crippen LogP contribution is -2.22. The van der Waals surface area contributed by atoms with Gasteiger partial charge in [-0.05, 0) is 29.8 Å². The molecule has 4 nitrogen and oxygen atoms in total. The monoisotopic (exact) mass is 349 g/mol. The largest absolute Gasteiger partial charge is 0.493 e. The third kappa shape index (κ3) is 3.60. The van der Waals surface area contributed by atoms with Crippen molar-refractivity contribution in [3.63, 3.8) is 0 Å². The highest BCUT2D eigenvalue weighted by molar-refractivity contribution is 5.97. The Balaban J connectivity index is 1.70. The van der Waals surface area contributed by atoms with E-state index in [0.29, 0.717) is 16.9 Å². The van der Waals surface area contributed by atoms with Crippen molar-refractivity contribution in [3.05, 3.63) is 65.4 Å². The summed E-state index contributed by atoms with van der Waals surface area (Å²) in [6.07, 6.45) is -4.38. The molecule has 0 fully saturated rings. The minimum Gasteiger partial charge on any atom is -0.493 e. The number of hydrogen-bond acceptors (Lipinski definition) is 3. The second-order valence-corrected chi connectivity index (χ2v) is 5.37. The van der Waals surface area contributed by atoms with E-state index in [0.717, 1.165) is 17.5 Å². The standard InChI is InChI=1S/C18H14F3NO3/c1-24-14-4-2-3-12-9-15(25-16(12)14)17(23)22-10-11-5-7-13(8-6-11)18(19,20)21/h2-9H,10H2,1H3,(H,22,23). The molecule has 1 N–H and O–H groups in total. The molecule has 3 aromatic rings. The van der Waals surface area contributed by atoms with E-state index in [-0.39, 0.29) is 12.3 Å². The third-order valence-electron chi connectivity index (χ3n) is 3.69. The maximum absolute atomic E-state index is 12.5. The van der Waals surface area contributed by atoms with Crippen LogP contribution in [0.25, 0.3) is 11.0 Å². The van der Waals surface area contributed by atoms with Crippen molar-refractivity contribution < 1.29 is 27.1 Å². The average Bonchev–Trinajstić information content (AvgIpc) is 3.03. The lowest BCUT2D eigenvalue weighted by Gasteiger charge is -2.08. The molecule has 0 spiro atoms. The number of amides is 1. The molecule has 3 rings (SSSR count). The van der Waals surface area contributed by atoms with E-state index in [2.05, 4.69) is 5.32 Å². The van der Waals surface area contributed by atoms with Gasteiger partial charge in [-0.15, -0.1) is 0 Å². The summed E-state index contributed by atoms with van der Waals surface area (Å²) in [5.74, 6) is 0.156. The fourth-order valence-electron chi connectivity index (χ4n) is 2.39. The molecule has 2 aromatic carbocycles. The van der Waals surface area contributed by atoms with Crippen molar-refractivity contribution >= 4 is 16.9 Å². The fraction of sp³-hybridized carbons (Fsp3) is 0.167. The van der Waals surface area contributed by atoms with Gasteiger partial charge in [0.2, 0.25) is 0 Å². The van der Waals surface area contributed by atoms with E-state index in [1.54, 1.807) is 24.3 Å². The van der Waals surface area contributed by atoms with Gasteiger partial charge < -0.3 is 14.5 Å². The summed E-state index contributed by atoms with van der Waals surface area (Å²) < 4.78 is 48.3. The van der Waals surface area contributed by atoms with Gasteiger partial charge in [-0.25, -0.2) is 0 Å².